The van der Waals surface area contributed by atoms with E-state index >= 15 is 0 Å². The third-order valence-electron chi connectivity index (χ3n) is 4.68. The van der Waals surface area contributed by atoms with Gasteiger partial charge in [-0.2, -0.15) is 4.52 Å². The summed E-state index contributed by atoms with van der Waals surface area (Å²) < 4.78 is 1.67. The second-order valence-electron chi connectivity index (χ2n) is 5.96. The van der Waals surface area contributed by atoms with Gasteiger partial charge in [0.25, 0.3) is 0 Å². The first-order chi connectivity index (χ1) is 10.2. The summed E-state index contributed by atoms with van der Waals surface area (Å²) in [7, 11) is 1.93. The van der Waals surface area contributed by atoms with E-state index in [2.05, 4.69) is 20.2 Å². The van der Waals surface area contributed by atoms with E-state index in [1.54, 1.807) is 10.8 Å². The zero-order chi connectivity index (χ0) is 14.4. The van der Waals surface area contributed by atoms with Gasteiger partial charge in [-0.1, -0.05) is 6.42 Å². The minimum absolute atomic E-state index is 0.274. The summed E-state index contributed by atoms with van der Waals surface area (Å²) in [6, 6.07) is 4.16. The summed E-state index contributed by atoms with van der Waals surface area (Å²) in [6.07, 6.45) is 4.92. The second kappa shape index (κ2) is 4.68. The van der Waals surface area contributed by atoms with Gasteiger partial charge in [0.2, 0.25) is 5.91 Å². The molecule has 2 aliphatic rings. The van der Waals surface area contributed by atoms with Gasteiger partial charge in [0.15, 0.2) is 5.65 Å². The minimum Gasteiger partial charge on any atom is -0.351 e. The van der Waals surface area contributed by atoms with Crippen LogP contribution in [0.2, 0.25) is 0 Å². The number of fused-ring (bicyclic) bond motifs is 1. The van der Waals surface area contributed by atoms with Crippen molar-refractivity contribution in [2.24, 2.45) is 5.92 Å². The molecular formula is C14H18N6O. The third-order valence-corrected chi connectivity index (χ3v) is 4.68. The molecule has 4 rings (SSSR count). The van der Waals surface area contributed by atoms with Crippen LogP contribution in [-0.4, -0.2) is 56.8 Å². The summed E-state index contributed by atoms with van der Waals surface area (Å²) >= 11 is 0. The van der Waals surface area contributed by atoms with Gasteiger partial charge >= 0.3 is 0 Å². The number of rotatable bonds is 3. The Morgan fingerprint density at radius 3 is 2.86 bits per heavy atom. The Kier molecular flexibility index (Phi) is 2.80. The van der Waals surface area contributed by atoms with Gasteiger partial charge < -0.3 is 9.80 Å². The zero-order valence-electron chi connectivity index (χ0n) is 12.0. The second-order valence-corrected chi connectivity index (χ2v) is 5.96. The predicted molar refractivity (Wildman–Crippen MR) is 76.9 cm³/mol. The van der Waals surface area contributed by atoms with Crippen molar-refractivity contribution >= 4 is 17.4 Å². The number of hydrogen-bond donors (Lipinski definition) is 0. The highest BCUT2D eigenvalue weighted by Crippen LogP contribution is 2.30. The molecule has 0 aromatic carbocycles. The number of anilines is 1. The van der Waals surface area contributed by atoms with Crippen molar-refractivity contribution in [2.45, 2.75) is 25.3 Å². The number of carbonyl (C=O) groups excluding carboxylic acids is 1. The molecule has 21 heavy (non-hydrogen) atoms. The molecular weight excluding hydrogens is 268 g/mol. The number of aromatic nitrogens is 4. The molecule has 0 radical (unpaired) electrons. The van der Waals surface area contributed by atoms with Crippen molar-refractivity contribution in [3.63, 3.8) is 0 Å². The van der Waals surface area contributed by atoms with Gasteiger partial charge in [-0.05, 0) is 25.0 Å². The van der Waals surface area contributed by atoms with Crippen LogP contribution in [-0.2, 0) is 4.79 Å². The number of nitrogens with zero attached hydrogens (tertiary/aromatic N) is 6. The average molecular weight is 286 g/mol. The van der Waals surface area contributed by atoms with Crippen molar-refractivity contribution in [3.05, 3.63) is 18.5 Å². The first kappa shape index (κ1) is 12.6. The van der Waals surface area contributed by atoms with E-state index in [9.17, 15) is 4.79 Å². The van der Waals surface area contributed by atoms with Crippen LogP contribution < -0.4 is 4.90 Å². The molecule has 1 aliphatic heterocycles. The summed E-state index contributed by atoms with van der Waals surface area (Å²) in [6.45, 7) is 1.69. The van der Waals surface area contributed by atoms with Crippen LogP contribution in [0.3, 0.4) is 0 Å². The fourth-order valence-electron chi connectivity index (χ4n) is 2.90. The summed E-state index contributed by atoms with van der Waals surface area (Å²) in [5.74, 6) is 1.49. The van der Waals surface area contributed by atoms with Gasteiger partial charge in [0.05, 0.1) is 6.04 Å². The average Bonchev–Trinajstić information content (AvgIpc) is 2.82. The Morgan fingerprint density at radius 1 is 1.33 bits per heavy atom. The Balaban J connectivity index is 1.40. The first-order valence-corrected chi connectivity index (χ1v) is 7.41. The quantitative estimate of drug-likeness (QED) is 0.825. The molecule has 7 nitrogen and oxygen atoms in total. The van der Waals surface area contributed by atoms with Crippen LogP contribution in [0.5, 0.6) is 0 Å². The van der Waals surface area contributed by atoms with Crippen molar-refractivity contribution in [1.82, 2.24) is 24.7 Å². The van der Waals surface area contributed by atoms with E-state index in [-0.39, 0.29) is 5.92 Å². The molecule has 2 aromatic heterocycles. The first-order valence-electron chi connectivity index (χ1n) is 7.41. The van der Waals surface area contributed by atoms with E-state index in [0.717, 1.165) is 37.4 Å². The predicted octanol–water partition coefficient (Wildman–Crippen LogP) is 0.571. The summed E-state index contributed by atoms with van der Waals surface area (Å²) in [4.78, 5) is 16.3. The Bertz CT molecular complexity index is 673. The minimum atomic E-state index is 0.274. The lowest BCUT2D eigenvalue weighted by Crippen LogP contribution is -2.61. The van der Waals surface area contributed by atoms with Crippen molar-refractivity contribution in [3.8, 4) is 0 Å². The molecule has 0 N–H and O–H groups in total. The topological polar surface area (TPSA) is 66.6 Å². The molecule has 1 saturated heterocycles. The standard InChI is InChI=1S/C14H18N6O/c1-18(14(21)10-3-2-4-10)11-7-19(8-11)13-6-5-12-16-15-9-20(12)17-13/h5-6,9-11H,2-4,7-8H2,1H3. The molecule has 1 aliphatic carbocycles. The van der Waals surface area contributed by atoms with Gasteiger partial charge in [-0.25, -0.2) is 0 Å². The lowest BCUT2D eigenvalue weighted by Gasteiger charge is -2.46. The highest BCUT2D eigenvalue weighted by molar-refractivity contribution is 5.80. The molecule has 0 bridgehead atoms. The molecule has 0 spiro atoms. The SMILES string of the molecule is CN(C(=O)C1CCC1)C1CN(c2ccc3nncn3n2)C1. The van der Waals surface area contributed by atoms with Crippen LogP contribution >= 0.6 is 0 Å². The lowest BCUT2D eigenvalue weighted by atomic mass is 9.84. The molecule has 0 atom stereocenters. The molecule has 3 heterocycles. The maximum Gasteiger partial charge on any atom is 0.225 e. The normalized spacial score (nSPS) is 19.4. The number of amides is 1. The smallest absolute Gasteiger partial charge is 0.225 e. The summed E-state index contributed by atoms with van der Waals surface area (Å²) in [5, 5.41) is 12.2. The monoisotopic (exact) mass is 286 g/mol. The maximum absolute atomic E-state index is 12.2. The fourth-order valence-corrected chi connectivity index (χ4v) is 2.90. The molecule has 1 amide bonds. The fraction of sp³-hybridized carbons (Fsp3) is 0.571. The largest absolute Gasteiger partial charge is 0.351 e. The van der Waals surface area contributed by atoms with Gasteiger partial charge in [0.1, 0.15) is 12.1 Å². The van der Waals surface area contributed by atoms with Crippen LogP contribution in [0.1, 0.15) is 19.3 Å². The molecule has 0 unspecified atom stereocenters. The van der Waals surface area contributed by atoms with E-state index in [1.165, 1.54) is 6.42 Å². The van der Waals surface area contributed by atoms with Crippen LogP contribution in [0.25, 0.3) is 5.65 Å². The van der Waals surface area contributed by atoms with Gasteiger partial charge in [-0.15, -0.1) is 15.3 Å². The third kappa shape index (κ3) is 2.03. The lowest BCUT2D eigenvalue weighted by molar-refractivity contribution is -0.139. The Morgan fingerprint density at radius 2 is 2.14 bits per heavy atom. The highest BCUT2D eigenvalue weighted by Gasteiger charge is 2.37. The molecule has 2 aromatic rings. The van der Waals surface area contributed by atoms with Crippen LogP contribution in [0.15, 0.2) is 18.5 Å². The van der Waals surface area contributed by atoms with E-state index < -0.39 is 0 Å². The maximum atomic E-state index is 12.2. The van der Waals surface area contributed by atoms with Crippen LogP contribution in [0, 0.1) is 5.92 Å². The molecule has 7 heteroatoms. The van der Waals surface area contributed by atoms with Gasteiger partial charge in [-0.3, -0.25) is 4.79 Å². The number of hydrogen-bond acceptors (Lipinski definition) is 5. The summed E-state index contributed by atoms with van der Waals surface area (Å²) in [5.41, 5.74) is 0.744. The number of carbonyl (C=O) groups is 1. The molecule has 2 fully saturated rings. The number of likely N-dealkylation sites (N-methyl/N-ethyl adjacent to an activating group) is 1. The van der Waals surface area contributed by atoms with Gasteiger partial charge in [0, 0.05) is 26.1 Å². The zero-order valence-corrected chi connectivity index (χ0v) is 12.0. The Hall–Kier alpha value is -2.18. The molecule has 110 valence electrons. The highest BCUT2D eigenvalue weighted by atomic mass is 16.2. The van der Waals surface area contributed by atoms with Crippen molar-refractivity contribution < 1.29 is 4.79 Å². The van der Waals surface area contributed by atoms with E-state index in [4.69, 9.17) is 0 Å². The van der Waals surface area contributed by atoms with Crippen molar-refractivity contribution in [1.29, 1.82) is 0 Å². The van der Waals surface area contributed by atoms with E-state index in [0.29, 0.717) is 11.9 Å². The Labute approximate surface area is 122 Å². The van der Waals surface area contributed by atoms with Crippen molar-refractivity contribution in [2.75, 3.05) is 25.0 Å². The van der Waals surface area contributed by atoms with E-state index in [1.807, 2.05) is 24.1 Å². The molecule has 1 saturated carbocycles. The van der Waals surface area contributed by atoms with Crippen LogP contribution in [0.4, 0.5) is 5.82 Å².